The van der Waals surface area contributed by atoms with E-state index in [1.807, 2.05) is 0 Å². The van der Waals surface area contributed by atoms with Gasteiger partial charge in [0.2, 0.25) is 0 Å². The van der Waals surface area contributed by atoms with Crippen LogP contribution >= 0.6 is 0 Å². The Labute approximate surface area is 181 Å². The van der Waals surface area contributed by atoms with Crippen LogP contribution < -0.4 is 20.1 Å². The molecule has 0 saturated heterocycles. The number of aromatic hydroxyl groups is 1. The number of carbonyl (C=O) groups excluding carboxylic acids is 2. The van der Waals surface area contributed by atoms with Crippen LogP contribution in [0.5, 0.6) is 17.2 Å². The maximum absolute atomic E-state index is 12.5. The number of nitrogens with one attached hydrogen (secondary N) is 2. The van der Waals surface area contributed by atoms with Gasteiger partial charge in [-0.05, 0) is 27.7 Å². The molecule has 3 N–H and O–H groups in total. The largest absolute Gasteiger partial charge is 0.507 e. The molecule has 10 nitrogen and oxygen atoms in total. The third kappa shape index (κ3) is 6.11. The van der Waals surface area contributed by atoms with Gasteiger partial charge < -0.3 is 24.3 Å². The van der Waals surface area contributed by atoms with Crippen molar-refractivity contribution in [2.24, 2.45) is 0 Å². The highest BCUT2D eigenvalue weighted by molar-refractivity contribution is 6.05. The van der Waals surface area contributed by atoms with Gasteiger partial charge in [0, 0.05) is 37.3 Å². The van der Waals surface area contributed by atoms with Crippen molar-refractivity contribution in [3.63, 3.8) is 0 Å². The van der Waals surface area contributed by atoms with Crippen LogP contribution in [-0.4, -0.2) is 66.2 Å². The second-order valence-corrected chi connectivity index (χ2v) is 7.40. The highest BCUT2D eigenvalue weighted by atomic mass is 16.5. The normalized spacial score (nSPS) is 11.1. The van der Waals surface area contributed by atoms with Gasteiger partial charge in [-0.1, -0.05) is 0 Å². The van der Waals surface area contributed by atoms with E-state index in [9.17, 15) is 14.7 Å². The maximum Gasteiger partial charge on any atom is 0.302 e. The van der Waals surface area contributed by atoms with Gasteiger partial charge in [0.25, 0.3) is 11.8 Å². The number of oxazole rings is 1. The van der Waals surface area contributed by atoms with E-state index in [0.29, 0.717) is 25.2 Å². The second-order valence-electron chi connectivity index (χ2n) is 7.40. The van der Waals surface area contributed by atoms with Crippen LogP contribution in [0.3, 0.4) is 0 Å². The number of benzene rings is 1. The number of phenols is 1. The molecule has 2 rings (SSSR count). The minimum Gasteiger partial charge on any atom is -0.507 e. The van der Waals surface area contributed by atoms with Gasteiger partial charge in [0.15, 0.2) is 17.2 Å². The molecule has 0 aliphatic carbocycles. The van der Waals surface area contributed by atoms with E-state index in [4.69, 9.17) is 13.9 Å². The molecule has 31 heavy (non-hydrogen) atoms. The molecule has 0 aliphatic rings. The maximum atomic E-state index is 12.5. The predicted molar refractivity (Wildman–Crippen MR) is 115 cm³/mol. The Bertz CT molecular complexity index is 901. The Morgan fingerprint density at radius 3 is 2.29 bits per heavy atom. The van der Waals surface area contributed by atoms with Crippen molar-refractivity contribution in [3.05, 3.63) is 29.7 Å². The van der Waals surface area contributed by atoms with Gasteiger partial charge in [-0.2, -0.15) is 4.98 Å². The molecule has 0 saturated carbocycles. The molecule has 0 unspecified atom stereocenters. The Kier molecular flexibility index (Phi) is 8.26. The summed E-state index contributed by atoms with van der Waals surface area (Å²) in [4.78, 5) is 31.0. The van der Waals surface area contributed by atoms with E-state index in [-0.39, 0.29) is 34.5 Å². The van der Waals surface area contributed by atoms with Crippen LogP contribution in [0.25, 0.3) is 0 Å². The Morgan fingerprint density at radius 1 is 1.10 bits per heavy atom. The number of aromatic nitrogens is 1. The lowest BCUT2D eigenvalue weighted by Gasteiger charge is -2.30. The number of ether oxygens (including phenoxy) is 2. The van der Waals surface area contributed by atoms with Crippen molar-refractivity contribution in [2.45, 2.75) is 39.8 Å². The van der Waals surface area contributed by atoms with Gasteiger partial charge in [-0.25, -0.2) is 0 Å². The first kappa shape index (κ1) is 24.0. The average Bonchev–Trinajstić information content (AvgIpc) is 3.18. The Hall–Kier alpha value is -3.27. The second kappa shape index (κ2) is 10.7. The standard InChI is InChI=1S/C21H30N4O6/c1-12(2)25(13(3)4)8-7-22-20(28)15-11-31-21(23-15)24-19(27)14-9-17(29-5)18(30-6)10-16(14)26/h9-13,26H,7-8H2,1-6H3,(H,22,28)(H,23,24,27). The summed E-state index contributed by atoms with van der Waals surface area (Å²) in [6.45, 7) is 9.55. The first-order valence-electron chi connectivity index (χ1n) is 9.93. The topological polar surface area (TPSA) is 126 Å². The molecule has 1 aromatic carbocycles. The quantitative estimate of drug-likeness (QED) is 0.521. The van der Waals surface area contributed by atoms with Crippen molar-refractivity contribution in [1.82, 2.24) is 15.2 Å². The fourth-order valence-electron chi connectivity index (χ4n) is 3.15. The van der Waals surface area contributed by atoms with Crippen LogP contribution in [0.15, 0.2) is 22.8 Å². The Morgan fingerprint density at radius 2 is 1.71 bits per heavy atom. The number of amides is 2. The minimum absolute atomic E-state index is 0.0347. The van der Waals surface area contributed by atoms with Crippen LogP contribution in [0.2, 0.25) is 0 Å². The Balaban J connectivity index is 2.00. The first-order chi connectivity index (χ1) is 14.7. The summed E-state index contributed by atoms with van der Waals surface area (Å²) in [5, 5.41) is 15.3. The van der Waals surface area contributed by atoms with Gasteiger partial charge in [0.05, 0.1) is 19.8 Å². The lowest BCUT2D eigenvalue weighted by molar-refractivity contribution is 0.0933. The summed E-state index contributed by atoms with van der Waals surface area (Å²) >= 11 is 0. The van der Waals surface area contributed by atoms with E-state index < -0.39 is 11.8 Å². The van der Waals surface area contributed by atoms with Gasteiger partial charge in [-0.15, -0.1) is 0 Å². The number of carbonyl (C=O) groups is 2. The van der Waals surface area contributed by atoms with Crippen molar-refractivity contribution < 1.29 is 28.6 Å². The van der Waals surface area contributed by atoms with Crippen LogP contribution in [-0.2, 0) is 0 Å². The summed E-state index contributed by atoms with van der Waals surface area (Å²) in [6, 6.07) is 3.14. The van der Waals surface area contributed by atoms with E-state index in [2.05, 4.69) is 48.2 Å². The minimum atomic E-state index is -0.684. The predicted octanol–water partition coefficient (Wildman–Crippen LogP) is 2.50. The molecule has 1 aromatic heterocycles. The molecule has 0 fully saturated rings. The smallest absolute Gasteiger partial charge is 0.302 e. The molecule has 1 heterocycles. The zero-order valence-electron chi connectivity index (χ0n) is 18.7. The number of methoxy groups -OCH3 is 2. The van der Waals surface area contributed by atoms with Crippen LogP contribution in [0.4, 0.5) is 6.01 Å². The van der Waals surface area contributed by atoms with Crippen molar-refractivity contribution in [2.75, 3.05) is 32.6 Å². The van der Waals surface area contributed by atoms with Gasteiger partial charge in [-0.3, -0.25) is 19.8 Å². The molecule has 0 aliphatic heterocycles. The summed E-state index contributed by atoms with van der Waals surface area (Å²) in [5.74, 6) is -0.850. The molecule has 0 atom stereocenters. The third-order valence-electron chi connectivity index (χ3n) is 4.69. The lowest BCUT2D eigenvalue weighted by atomic mass is 10.1. The van der Waals surface area contributed by atoms with Crippen molar-refractivity contribution in [3.8, 4) is 17.2 Å². The molecule has 2 amide bonds. The highest BCUT2D eigenvalue weighted by Gasteiger charge is 2.20. The van der Waals surface area contributed by atoms with Crippen molar-refractivity contribution >= 4 is 17.8 Å². The van der Waals surface area contributed by atoms with Gasteiger partial charge in [0.1, 0.15) is 12.0 Å². The number of anilines is 1. The molecule has 0 spiro atoms. The number of hydrogen-bond donors (Lipinski definition) is 3. The molecule has 10 heteroatoms. The van der Waals surface area contributed by atoms with Crippen LogP contribution in [0, 0.1) is 0 Å². The van der Waals surface area contributed by atoms with E-state index in [1.165, 1.54) is 26.4 Å². The summed E-state index contributed by atoms with van der Waals surface area (Å²) < 4.78 is 15.4. The molecule has 0 radical (unpaired) electrons. The fourth-order valence-corrected chi connectivity index (χ4v) is 3.15. The number of rotatable bonds is 10. The molecular formula is C21H30N4O6. The molecular weight excluding hydrogens is 404 g/mol. The zero-order valence-corrected chi connectivity index (χ0v) is 18.7. The summed E-state index contributed by atoms with van der Waals surface area (Å²) in [7, 11) is 2.83. The van der Waals surface area contributed by atoms with Crippen molar-refractivity contribution in [1.29, 1.82) is 0 Å². The molecule has 2 aromatic rings. The van der Waals surface area contributed by atoms with E-state index in [0.717, 1.165) is 6.26 Å². The first-order valence-corrected chi connectivity index (χ1v) is 9.93. The fraction of sp³-hybridized carbons (Fsp3) is 0.476. The van der Waals surface area contributed by atoms with Crippen LogP contribution in [0.1, 0.15) is 48.5 Å². The van der Waals surface area contributed by atoms with E-state index in [1.54, 1.807) is 0 Å². The van der Waals surface area contributed by atoms with E-state index >= 15 is 0 Å². The highest BCUT2D eigenvalue weighted by Crippen LogP contribution is 2.34. The zero-order chi connectivity index (χ0) is 23.1. The summed E-state index contributed by atoms with van der Waals surface area (Å²) in [6.07, 6.45) is 1.15. The summed E-state index contributed by atoms with van der Waals surface area (Å²) in [5.41, 5.74) is -0.0307. The number of phenolic OH excluding ortho intramolecular Hbond substituents is 1. The number of hydrogen-bond acceptors (Lipinski definition) is 8. The lowest BCUT2D eigenvalue weighted by Crippen LogP contribution is -2.42. The van der Waals surface area contributed by atoms with Gasteiger partial charge >= 0.3 is 6.01 Å². The monoisotopic (exact) mass is 434 g/mol. The number of nitrogens with zero attached hydrogens (tertiary/aromatic N) is 2. The third-order valence-corrected chi connectivity index (χ3v) is 4.69. The molecule has 0 bridgehead atoms. The molecule has 170 valence electrons. The SMILES string of the molecule is COc1cc(O)c(C(=O)Nc2nc(C(=O)NCCN(C(C)C)C(C)C)co2)cc1OC. The average molecular weight is 434 g/mol.